The van der Waals surface area contributed by atoms with Crippen LogP contribution in [0.25, 0.3) is 0 Å². The van der Waals surface area contributed by atoms with Gasteiger partial charge in [0.2, 0.25) is 0 Å². The molecule has 0 amide bonds. The SMILES string of the molecule is CC[C@H]1CC(=O)[C@H](C)C(=O)[C@H](C)C(O[C@@H]2O[C@H](C)C[C@@H](N(C)C)[C@H]2O)[C@](C)(OC)C[C@@H](C)/C(=N/OCCOC(=O)[C@@]2(O)[C@H](C)CC3C4CCC5=CC(=O)C=C[C@]5(C)[C@@]4(F)[C@@H](O)C[C@@]32C)[C@H](C)[C@@H](O)[C@]1(C)O. The van der Waals surface area contributed by atoms with Crippen LogP contribution in [0.5, 0.6) is 0 Å². The van der Waals surface area contributed by atoms with Crippen LogP contribution < -0.4 is 0 Å². The molecule has 17 heteroatoms. The monoisotopic (exact) mass is 1000 g/mol. The van der Waals surface area contributed by atoms with Crippen molar-refractivity contribution in [1.82, 2.24) is 4.90 Å². The molecule has 3 unspecified atom stereocenters. The number of likely N-dealkylation sites (N-methyl/N-ethyl adjacent to an activating group) is 1. The Hall–Kier alpha value is -3.00. The Bertz CT molecular complexity index is 2100. The molecule has 0 radical (unpaired) electrons. The first-order chi connectivity index (χ1) is 32.9. The van der Waals surface area contributed by atoms with Crippen molar-refractivity contribution >= 4 is 29.0 Å². The molecule has 402 valence electrons. The van der Waals surface area contributed by atoms with Crippen LogP contribution in [-0.4, -0.2) is 159 Å². The lowest BCUT2D eigenvalue weighted by molar-refractivity contribution is -0.295. The van der Waals surface area contributed by atoms with E-state index in [0.29, 0.717) is 37.7 Å². The number of hydrogen-bond donors (Lipinski definition) is 5. The Morgan fingerprint density at radius 1 is 0.944 bits per heavy atom. The highest BCUT2D eigenvalue weighted by atomic mass is 19.1. The minimum absolute atomic E-state index is 0.0972. The molecule has 0 aromatic carbocycles. The van der Waals surface area contributed by atoms with Gasteiger partial charge < -0.3 is 54.2 Å². The second-order valence-electron chi connectivity index (χ2n) is 23.6. The van der Waals surface area contributed by atoms with Gasteiger partial charge in [-0.3, -0.25) is 14.4 Å². The molecule has 5 fully saturated rings. The van der Waals surface area contributed by atoms with Crippen molar-refractivity contribution in [3.8, 4) is 0 Å². The van der Waals surface area contributed by atoms with Crippen LogP contribution in [0.2, 0.25) is 0 Å². The summed E-state index contributed by atoms with van der Waals surface area (Å²) in [5, 5.41) is 64.5. The van der Waals surface area contributed by atoms with E-state index in [4.69, 9.17) is 23.8 Å². The number of alkyl halides is 1. The van der Waals surface area contributed by atoms with E-state index in [1.165, 1.54) is 33.1 Å². The van der Waals surface area contributed by atoms with Crippen LogP contribution in [0.15, 0.2) is 29.0 Å². The van der Waals surface area contributed by atoms with E-state index in [1.807, 2.05) is 32.8 Å². The Morgan fingerprint density at radius 3 is 2.23 bits per heavy atom. The van der Waals surface area contributed by atoms with E-state index in [-0.39, 0.29) is 56.1 Å². The largest absolute Gasteiger partial charge is 0.460 e. The fraction of sp³-hybridized carbons (Fsp3) is 0.833. The smallest absolute Gasteiger partial charge is 0.339 e. The molecule has 0 aromatic heterocycles. The van der Waals surface area contributed by atoms with Crippen molar-refractivity contribution in [2.45, 2.75) is 193 Å². The molecule has 0 spiro atoms. The molecule has 0 aromatic rings. The van der Waals surface area contributed by atoms with Gasteiger partial charge in [0.1, 0.15) is 24.3 Å². The number of hydrogen-bond acceptors (Lipinski definition) is 16. The lowest BCUT2D eigenvalue weighted by Crippen LogP contribution is -2.69. The van der Waals surface area contributed by atoms with Gasteiger partial charge in [-0.2, -0.15) is 0 Å². The Labute approximate surface area is 420 Å². The van der Waals surface area contributed by atoms with Gasteiger partial charge >= 0.3 is 5.97 Å². The van der Waals surface area contributed by atoms with E-state index in [2.05, 4.69) is 5.16 Å². The molecular weight excluding hydrogens is 920 g/mol. The van der Waals surface area contributed by atoms with Crippen LogP contribution in [0, 0.1) is 58.2 Å². The summed E-state index contributed by atoms with van der Waals surface area (Å²) >= 11 is 0. The zero-order chi connectivity index (χ0) is 53.1. The number of aliphatic hydroxyl groups is 5. The molecule has 4 saturated carbocycles. The highest BCUT2D eigenvalue weighted by Gasteiger charge is 2.76. The fourth-order valence-corrected chi connectivity index (χ4v) is 14.4. The first-order valence-electron chi connectivity index (χ1n) is 26.0. The fourth-order valence-electron chi connectivity index (χ4n) is 14.4. The predicted octanol–water partition coefficient (Wildman–Crippen LogP) is 5.08. The number of Topliss-reactive ketones (excluding diaryl/α,β-unsaturated/α-hetero) is 2. The zero-order valence-corrected chi connectivity index (χ0v) is 44.6. The maximum absolute atomic E-state index is 17.7. The van der Waals surface area contributed by atoms with Crippen molar-refractivity contribution in [2.75, 3.05) is 34.4 Å². The maximum Gasteiger partial charge on any atom is 0.339 e. The van der Waals surface area contributed by atoms with Gasteiger partial charge in [-0.05, 0) is 117 Å². The Morgan fingerprint density at radius 2 is 1.61 bits per heavy atom. The number of carbonyl (C=O) groups excluding carboxylic acids is 4. The van der Waals surface area contributed by atoms with Gasteiger partial charge in [-0.15, -0.1) is 0 Å². The molecule has 21 atom stereocenters. The van der Waals surface area contributed by atoms with Gasteiger partial charge in [-0.1, -0.05) is 64.8 Å². The number of nitrogens with zero attached hydrogens (tertiary/aromatic N) is 2. The van der Waals surface area contributed by atoms with Crippen LogP contribution in [-0.2, 0) is 43.0 Å². The van der Waals surface area contributed by atoms with Crippen molar-refractivity contribution in [3.05, 3.63) is 23.8 Å². The zero-order valence-electron chi connectivity index (χ0n) is 44.6. The Balaban J connectivity index is 1.26. The summed E-state index contributed by atoms with van der Waals surface area (Å²) in [6, 6.07) is -0.324. The lowest BCUT2D eigenvalue weighted by Gasteiger charge is -2.62. The average Bonchev–Trinajstić information content (AvgIpc) is 3.51. The first-order valence-corrected chi connectivity index (χ1v) is 26.0. The average molecular weight is 1010 g/mol. The molecule has 71 heavy (non-hydrogen) atoms. The minimum atomic E-state index is -2.14. The van der Waals surface area contributed by atoms with Crippen LogP contribution >= 0.6 is 0 Å². The molecule has 1 heterocycles. The third-order valence-electron chi connectivity index (χ3n) is 19.1. The molecular formula is C54H85FN2O14. The number of oxime groups is 1. The quantitative estimate of drug-likeness (QED) is 0.0832. The molecule has 6 aliphatic rings. The molecule has 5 aliphatic carbocycles. The van der Waals surface area contributed by atoms with Gasteiger partial charge in [-0.25, -0.2) is 9.18 Å². The number of allylic oxidation sites excluding steroid dienone is 4. The summed E-state index contributed by atoms with van der Waals surface area (Å²) in [6.07, 6.45) is -0.716. The molecule has 1 saturated heterocycles. The summed E-state index contributed by atoms with van der Waals surface area (Å²) in [5.41, 5.74) is -8.96. The number of esters is 1. The highest BCUT2D eigenvalue weighted by Crippen LogP contribution is 2.70. The van der Waals surface area contributed by atoms with E-state index < -0.39 is 129 Å². The number of halogens is 1. The van der Waals surface area contributed by atoms with Crippen LogP contribution in [0.3, 0.4) is 0 Å². The van der Waals surface area contributed by atoms with E-state index in [1.54, 1.807) is 54.5 Å². The predicted molar refractivity (Wildman–Crippen MR) is 261 cm³/mol. The summed E-state index contributed by atoms with van der Waals surface area (Å²) in [5.74, 6) is -8.17. The maximum atomic E-state index is 17.7. The summed E-state index contributed by atoms with van der Waals surface area (Å²) in [6.45, 7) is 18.1. The van der Waals surface area contributed by atoms with Crippen molar-refractivity contribution in [2.24, 2.45) is 63.3 Å². The number of aliphatic hydroxyl groups excluding tert-OH is 3. The van der Waals surface area contributed by atoms with Gasteiger partial charge in [0.05, 0.1) is 47.2 Å². The molecule has 16 nitrogen and oxygen atoms in total. The standard InChI is InChI=1S/C54H85FN2O14/c1-15-34-25-40(59)31(5)43(61)33(7)46(71-47-44(62)39(57(12)13)23-30(4)70-47)51(10,67-14)26-28(2)42(32(6)45(63)52(34,11)65)56-69-21-20-68-48(64)54(66)29(3)22-38-37-17-16-35-24-36(58)18-19-49(35,8)53(37,55)41(60)27-50(38,54)9/h18-19,24,28-34,37-39,41,44-47,60,62-63,65-66H,15-17,20-23,25-27H2,1-14H3/b56-42-/t28-,29-,30-,31+,32+,33+,34+,37?,38?,39-,41+,44-,45-,46?,47+,49+,50+,51-,52-,53+,54+/m1/s1. The molecule has 1 aliphatic heterocycles. The second-order valence-corrected chi connectivity index (χ2v) is 23.6. The van der Waals surface area contributed by atoms with Gasteiger partial charge in [0, 0.05) is 54.1 Å². The normalized spacial score (nSPS) is 48.4. The van der Waals surface area contributed by atoms with E-state index in [0.717, 1.165) is 0 Å². The van der Waals surface area contributed by atoms with Crippen molar-refractivity contribution < 1.29 is 72.9 Å². The van der Waals surface area contributed by atoms with Gasteiger partial charge in [0.25, 0.3) is 0 Å². The second kappa shape index (κ2) is 21.0. The molecule has 6 rings (SSSR count). The highest BCUT2D eigenvalue weighted by molar-refractivity contribution is 6.03. The molecule has 0 bridgehead atoms. The minimum Gasteiger partial charge on any atom is -0.460 e. The van der Waals surface area contributed by atoms with E-state index >= 15 is 4.39 Å². The van der Waals surface area contributed by atoms with Crippen molar-refractivity contribution in [3.63, 3.8) is 0 Å². The molecule has 5 N–H and O–H groups in total. The van der Waals surface area contributed by atoms with E-state index in [9.17, 15) is 44.7 Å². The first kappa shape index (κ1) is 57.3. The summed E-state index contributed by atoms with van der Waals surface area (Å²) in [4.78, 5) is 62.7. The third-order valence-corrected chi connectivity index (χ3v) is 19.1. The number of fused-ring (bicyclic) bond motifs is 5. The number of ether oxygens (including phenoxy) is 4. The number of carbonyl (C=O) groups is 4. The lowest BCUT2D eigenvalue weighted by atomic mass is 9.45. The third kappa shape index (κ3) is 9.68. The van der Waals surface area contributed by atoms with Crippen LogP contribution in [0.1, 0.15) is 128 Å². The van der Waals surface area contributed by atoms with Crippen molar-refractivity contribution in [1.29, 1.82) is 0 Å². The summed E-state index contributed by atoms with van der Waals surface area (Å²) in [7, 11) is 5.18. The number of ketones is 3. The Kier molecular flexibility index (Phi) is 16.9. The number of rotatable bonds is 10. The van der Waals surface area contributed by atoms with Gasteiger partial charge in [0.15, 0.2) is 29.9 Å². The summed E-state index contributed by atoms with van der Waals surface area (Å²) < 4.78 is 42.7. The topological polar surface area (TPSA) is 231 Å². The number of methoxy groups -OCH3 is 1. The van der Waals surface area contributed by atoms with Crippen LogP contribution in [0.4, 0.5) is 4.39 Å².